The first-order valence-corrected chi connectivity index (χ1v) is 7.74. The number of rotatable bonds is 5. The maximum Gasteiger partial charge on any atom is 0.323 e. The van der Waals surface area contributed by atoms with E-state index in [1.54, 1.807) is 32.1 Å². The van der Waals surface area contributed by atoms with E-state index in [0.29, 0.717) is 11.1 Å². The summed E-state index contributed by atoms with van der Waals surface area (Å²) in [4.78, 5) is 25.1. The molecule has 2 rings (SSSR count). The zero-order chi connectivity index (χ0) is 17.0. The van der Waals surface area contributed by atoms with Gasteiger partial charge in [-0.05, 0) is 43.9 Å². The van der Waals surface area contributed by atoms with Gasteiger partial charge in [0, 0.05) is 5.92 Å². The molecule has 1 unspecified atom stereocenters. The van der Waals surface area contributed by atoms with E-state index in [1.165, 1.54) is 6.07 Å². The van der Waals surface area contributed by atoms with Crippen molar-refractivity contribution in [1.82, 2.24) is 0 Å². The van der Waals surface area contributed by atoms with Crippen molar-refractivity contribution in [3.05, 3.63) is 47.8 Å². The van der Waals surface area contributed by atoms with Crippen LogP contribution in [-0.4, -0.2) is 25.2 Å². The number of ether oxygens (including phenoxy) is 2. The molecule has 1 aliphatic rings. The van der Waals surface area contributed by atoms with Crippen LogP contribution >= 0.6 is 0 Å². The zero-order valence-corrected chi connectivity index (χ0v) is 13.4. The summed E-state index contributed by atoms with van der Waals surface area (Å²) in [7, 11) is 0. The van der Waals surface area contributed by atoms with Crippen LogP contribution in [0, 0.1) is 11.2 Å². The van der Waals surface area contributed by atoms with Gasteiger partial charge in [-0.2, -0.15) is 0 Å². The summed E-state index contributed by atoms with van der Waals surface area (Å²) in [6.07, 6.45) is 1.73. The monoisotopic (exact) mass is 320 g/mol. The number of halogens is 1. The predicted octanol–water partition coefficient (Wildman–Crippen LogP) is 3.15. The zero-order valence-electron chi connectivity index (χ0n) is 13.4. The van der Waals surface area contributed by atoms with E-state index in [-0.39, 0.29) is 31.9 Å². The quantitative estimate of drug-likeness (QED) is 0.475. The summed E-state index contributed by atoms with van der Waals surface area (Å²) >= 11 is 0. The molecule has 0 radical (unpaired) electrons. The fourth-order valence-electron chi connectivity index (χ4n) is 3.16. The minimum Gasteiger partial charge on any atom is -0.465 e. The van der Waals surface area contributed by atoms with Gasteiger partial charge >= 0.3 is 11.9 Å². The standard InChI is InChI=1S/C18H21FO4/c1-4-12-10-18(16(20)22-5-2,17(21)23-6-3)11-13-8-7-9-14(19)15(12)13/h4,7-9,12H,1,5-6,10-11H2,2-3H3. The second-order valence-corrected chi connectivity index (χ2v) is 5.56. The lowest BCUT2D eigenvalue weighted by Gasteiger charge is -2.37. The Morgan fingerprint density at radius 2 is 1.91 bits per heavy atom. The molecule has 0 aromatic heterocycles. The van der Waals surface area contributed by atoms with E-state index in [0.717, 1.165) is 0 Å². The first-order chi connectivity index (χ1) is 11.0. The topological polar surface area (TPSA) is 52.6 Å². The Morgan fingerprint density at radius 1 is 1.30 bits per heavy atom. The van der Waals surface area contributed by atoms with E-state index >= 15 is 0 Å². The molecule has 0 saturated carbocycles. The van der Waals surface area contributed by atoms with Crippen molar-refractivity contribution in [1.29, 1.82) is 0 Å². The van der Waals surface area contributed by atoms with Crippen LogP contribution in [0.15, 0.2) is 30.9 Å². The van der Waals surface area contributed by atoms with Gasteiger partial charge < -0.3 is 9.47 Å². The van der Waals surface area contributed by atoms with E-state index in [1.807, 2.05) is 0 Å². The van der Waals surface area contributed by atoms with Gasteiger partial charge in [-0.1, -0.05) is 18.2 Å². The molecule has 0 saturated heterocycles. The highest BCUT2D eigenvalue weighted by Gasteiger charge is 2.53. The molecule has 0 fully saturated rings. The van der Waals surface area contributed by atoms with Gasteiger partial charge in [0.2, 0.25) is 0 Å². The Kier molecular flexibility index (Phi) is 5.19. The Morgan fingerprint density at radius 3 is 2.43 bits per heavy atom. The van der Waals surface area contributed by atoms with E-state index in [4.69, 9.17) is 9.47 Å². The third kappa shape index (κ3) is 3.00. The van der Waals surface area contributed by atoms with Crippen LogP contribution in [0.3, 0.4) is 0 Å². The van der Waals surface area contributed by atoms with Crippen LogP contribution < -0.4 is 0 Å². The fraction of sp³-hybridized carbons (Fsp3) is 0.444. The van der Waals surface area contributed by atoms with E-state index in [2.05, 4.69) is 6.58 Å². The van der Waals surface area contributed by atoms with Crippen molar-refractivity contribution in [2.24, 2.45) is 5.41 Å². The Bertz CT molecular complexity index is 605. The summed E-state index contributed by atoms with van der Waals surface area (Å²) in [5.74, 6) is -2.05. The van der Waals surface area contributed by atoms with Crippen molar-refractivity contribution >= 4 is 11.9 Å². The van der Waals surface area contributed by atoms with Gasteiger partial charge in [0.25, 0.3) is 0 Å². The van der Waals surface area contributed by atoms with E-state index < -0.39 is 23.3 Å². The molecule has 0 aliphatic heterocycles. The summed E-state index contributed by atoms with van der Waals surface area (Å²) in [6.45, 7) is 7.41. The summed E-state index contributed by atoms with van der Waals surface area (Å²) < 4.78 is 24.4. The lowest BCUT2D eigenvalue weighted by Crippen LogP contribution is -2.47. The highest BCUT2D eigenvalue weighted by Crippen LogP contribution is 2.45. The number of carbonyl (C=O) groups excluding carboxylic acids is 2. The molecule has 1 aromatic rings. The molecule has 23 heavy (non-hydrogen) atoms. The van der Waals surface area contributed by atoms with Crippen molar-refractivity contribution in [2.45, 2.75) is 32.6 Å². The number of hydrogen-bond donors (Lipinski definition) is 0. The second kappa shape index (κ2) is 6.94. The lowest BCUT2D eigenvalue weighted by atomic mass is 9.66. The van der Waals surface area contributed by atoms with Gasteiger partial charge in [0.05, 0.1) is 13.2 Å². The molecule has 1 atom stereocenters. The molecule has 1 aliphatic carbocycles. The second-order valence-electron chi connectivity index (χ2n) is 5.56. The molecular formula is C18H21FO4. The summed E-state index contributed by atoms with van der Waals surface area (Å²) in [5, 5.41) is 0. The van der Waals surface area contributed by atoms with Gasteiger partial charge in [-0.3, -0.25) is 9.59 Å². The first kappa shape index (κ1) is 17.2. The van der Waals surface area contributed by atoms with Crippen LogP contribution in [0.4, 0.5) is 4.39 Å². The van der Waals surface area contributed by atoms with Crippen molar-refractivity contribution in [3.8, 4) is 0 Å². The molecule has 0 heterocycles. The molecule has 0 N–H and O–H groups in total. The van der Waals surface area contributed by atoms with Crippen LogP contribution in [0.1, 0.15) is 37.3 Å². The molecule has 1 aromatic carbocycles. The molecular weight excluding hydrogens is 299 g/mol. The number of hydrogen-bond acceptors (Lipinski definition) is 4. The third-order valence-corrected chi connectivity index (χ3v) is 4.19. The molecule has 0 amide bonds. The fourth-order valence-corrected chi connectivity index (χ4v) is 3.16. The summed E-state index contributed by atoms with van der Waals surface area (Å²) in [5.41, 5.74) is -0.347. The molecule has 124 valence electrons. The minimum absolute atomic E-state index is 0.0715. The number of allylic oxidation sites excluding steroid dienone is 1. The van der Waals surface area contributed by atoms with Gasteiger partial charge in [-0.15, -0.1) is 6.58 Å². The molecule has 5 heteroatoms. The van der Waals surface area contributed by atoms with Crippen molar-refractivity contribution in [2.75, 3.05) is 13.2 Å². The predicted molar refractivity (Wildman–Crippen MR) is 83.4 cm³/mol. The largest absolute Gasteiger partial charge is 0.465 e. The molecule has 0 bridgehead atoms. The maximum atomic E-state index is 14.2. The van der Waals surface area contributed by atoms with Crippen molar-refractivity contribution in [3.63, 3.8) is 0 Å². The van der Waals surface area contributed by atoms with Crippen LogP contribution in [-0.2, 0) is 25.5 Å². The highest BCUT2D eigenvalue weighted by atomic mass is 19.1. The smallest absolute Gasteiger partial charge is 0.323 e. The average molecular weight is 320 g/mol. The Labute approximate surface area is 135 Å². The normalized spacial score (nSPS) is 18.7. The summed E-state index contributed by atoms with van der Waals surface area (Å²) in [6, 6.07) is 4.67. The highest BCUT2D eigenvalue weighted by molar-refractivity contribution is 6.01. The van der Waals surface area contributed by atoms with Gasteiger partial charge in [0.1, 0.15) is 5.82 Å². The number of esters is 2. The molecule has 4 nitrogen and oxygen atoms in total. The first-order valence-electron chi connectivity index (χ1n) is 7.74. The lowest BCUT2D eigenvalue weighted by molar-refractivity contribution is -0.173. The van der Waals surface area contributed by atoms with Crippen LogP contribution in [0.25, 0.3) is 0 Å². The number of fused-ring (bicyclic) bond motifs is 1. The third-order valence-electron chi connectivity index (χ3n) is 4.19. The minimum atomic E-state index is -1.45. The van der Waals surface area contributed by atoms with Gasteiger partial charge in [0.15, 0.2) is 5.41 Å². The van der Waals surface area contributed by atoms with Crippen LogP contribution in [0.2, 0.25) is 0 Å². The Balaban J connectivity index is 2.54. The molecule has 0 spiro atoms. The number of benzene rings is 1. The van der Waals surface area contributed by atoms with Crippen LogP contribution in [0.5, 0.6) is 0 Å². The van der Waals surface area contributed by atoms with E-state index in [9.17, 15) is 14.0 Å². The SMILES string of the molecule is C=CC1CC(C(=O)OCC)(C(=O)OCC)Cc2cccc(F)c21. The maximum absolute atomic E-state index is 14.2. The van der Waals surface area contributed by atoms with Crippen molar-refractivity contribution < 1.29 is 23.5 Å². The number of carbonyl (C=O) groups is 2. The average Bonchev–Trinajstić information content (AvgIpc) is 2.54. The Hall–Kier alpha value is -2.17. The van der Waals surface area contributed by atoms with Gasteiger partial charge in [-0.25, -0.2) is 4.39 Å².